The van der Waals surface area contributed by atoms with Crippen molar-refractivity contribution in [2.24, 2.45) is 10.1 Å². The Labute approximate surface area is 145 Å². The lowest BCUT2D eigenvalue weighted by molar-refractivity contribution is 0.836. The molecule has 0 saturated heterocycles. The number of thiazole rings is 1. The van der Waals surface area contributed by atoms with Crippen molar-refractivity contribution in [2.75, 3.05) is 6.54 Å². The van der Waals surface area contributed by atoms with E-state index in [2.05, 4.69) is 39.2 Å². The topological polar surface area (TPSA) is 42.5 Å². The van der Waals surface area contributed by atoms with E-state index < -0.39 is 0 Å². The molecule has 0 saturated carbocycles. The molecule has 0 aliphatic heterocycles. The number of aromatic nitrogens is 2. The van der Waals surface area contributed by atoms with Gasteiger partial charge in [0, 0.05) is 28.9 Å². The van der Waals surface area contributed by atoms with E-state index in [1.807, 2.05) is 41.9 Å². The van der Waals surface area contributed by atoms with E-state index in [0.29, 0.717) is 6.54 Å². The Hall–Kier alpha value is -2.79. The first-order chi connectivity index (χ1) is 11.7. The summed E-state index contributed by atoms with van der Waals surface area (Å²) >= 11 is 1.57. The largest absolute Gasteiger partial charge is 0.264 e. The van der Waals surface area contributed by atoms with Crippen LogP contribution in [0.4, 0.5) is 0 Å². The lowest BCUT2D eigenvalue weighted by Gasteiger charge is -2.03. The fraction of sp³-hybridized carbons (Fsp3) is 0.105. The number of hydrogen-bond acceptors (Lipinski definition) is 4. The molecular formula is C19H18N4S. The summed E-state index contributed by atoms with van der Waals surface area (Å²) in [5.74, 6) is 0. The van der Waals surface area contributed by atoms with Gasteiger partial charge in [-0.25, -0.2) is 4.68 Å². The molecule has 4 nitrogen and oxygen atoms in total. The van der Waals surface area contributed by atoms with Crippen LogP contribution < -0.4 is 4.80 Å². The van der Waals surface area contributed by atoms with Crippen molar-refractivity contribution in [1.29, 1.82) is 0 Å². The van der Waals surface area contributed by atoms with Crippen LogP contribution in [0, 0.1) is 0 Å². The molecule has 24 heavy (non-hydrogen) atoms. The fourth-order valence-corrected chi connectivity index (χ4v) is 2.94. The molecular weight excluding hydrogens is 316 g/mol. The second kappa shape index (κ2) is 7.66. The van der Waals surface area contributed by atoms with Crippen molar-refractivity contribution in [3.05, 3.63) is 82.8 Å². The molecule has 0 fully saturated rings. The van der Waals surface area contributed by atoms with Gasteiger partial charge in [-0.2, -0.15) is 5.10 Å². The third-order valence-electron chi connectivity index (χ3n) is 3.25. The first-order valence-electron chi connectivity index (χ1n) is 7.59. The molecule has 0 aliphatic carbocycles. The summed E-state index contributed by atoms with van der Waals surface area (Å²) in [6, 6.07) is 14.0. The van der Waals surface area contributed by atoms with Gasteiger partial charge in [0.25, 0.3) is 0 Å². The summed E-state index contributed by atoms with van der Waals surface area (Å²) in [5.41, 5.74) is 4.09. The van der Waals surface area contributed by atoms with Crippen molar-refractivity contribution >= 4 is 17.6 Å². The highest BCUT2D eigenvalue weighted by molar-refractivity contribution is 7.07. The average Bonchev–Trinajstić information content (AvgIpc) is 3.02. The first-order valence-corrected chi connectivity index (χ1v) is 8.47. The van der Waals surface area contributed by atoms with Gasteiger partial charge in [0.2, 0.25) is 4.80 Å². The molecule has 0 unspecified atom stereocenters. The summed E-state index contributed by atoms with van der Waals surface area (Å²) in [4.78, 5) is 9.58. The number of rotatable bonds is 5. The molecule has 5 heteroatoms. The van der Waals surface area contributed by atoms with Gasteiger partial charge in [-0.3, -0.25) is 9.98 Å². The minimum absolute atomic E-state index is 0.594. The fourth-order valence-electron chi connectivity index (χ4n) is 2.11. The number of benzene rings is 1. The second-order valence-corrected chi connectivity index (χ2v) is 6.22. The smallest absolute Gasteiger partial charge is 0.206 e. The van der Waals surface area contributed by atoms with Gasteiger partial charge >= 0.3 is 0 Å². The maximum absolute atomic E-state index is 4.63. The minimum Gasteiger partial charge on any atom is -0.264 e. The van der Waals surface area contributed by atoms with Crippen LogP contribution in [0.1, 0.15) is 12.5 Å². The molecule has 2 heterocycles. The zero-order valence-corrected chi connectivity index (χ0v) is 14.3. The van der Waals surface area contributed by atoms with Crippen LogP contribution in [0.2, 0.25) is 0 Å². The Kier molecular flexibility index (Phi) is 5.13. The molecule has 0 amide bonds. The van der Waals surface area contributed by atoms with Crippen LogP contribution in [0.15, 0.2) is 82.5 Å². The van der Waals surface area contributed by atoms with Crippen LogP contribution in [0.25, 0.3) is 11.3 Å². The highest BCUT2D eigenvalue weighted by Gasteiger charge is 2.06. The van der Waals surface area contributed by atoms with E-state index in [4.69, 9.17) is 0 Å². The number of nitrogens with zero attached hydrogens (tertiary/aromatic N) is 4. The Morgan fingerprint density at radius 1 is 1.25 bits per heavy atom. The lowest BCUT2D eigenvalue weighted by Crippen LogP contribution is -2.13. The van der Waals surface area contributed by atoms with Gasteiger partial charge in [-0.1, -0.05) is 48.6 Å². The predicted molar refractivity (Wildman–Crippen MR) is 100 cm³/mol. The van der Waals surface area contributed by atoms with Crippen LogP contribution >= 0.6 is 11.3 Å². The van der Waals surface area contributed by atoms with Crippen molar-refractivity contribution < 1.29 is 0 Å². The van der Waals surface area contributed by atoms with Gasteiger partial charge in [0.15, 0.2) is 0 Å². The molecule has 0 aliphatic rings. The monoisotopic (exact) mass is 334 g/mol. The van der Waals surface area contributed by atoms with Crippen molar-refractivity contribution in [3.8, 4) is 11.3 Å². The lowest BCUT2D eigenvalue weighted by atomic mass is 10.2. The molecule has 3 aromatic rings. The summed E-state index contributed by atoms with van der Waals surface area (Å²) in [6.07, 6.45) is 5.33. The standard InChI is InChI=1S/C19H18N4S/c1-15(2)11-21-19-23(22-13-16-7-6-10-20-12-16)18(14-24-19)17-8-4-3-5-9-17/h3-10,12-14H,1,11H2,2H3. The molecule has 0 atom stereocenters. The van der Waals surface area contributed by atoms with Gasteiger partial charge in [0.1, 0.15) is 0 Å². The highest BCUT2D eigenvalue weighted by atomic mass is 32.1. The summed E-state index contributed by atoms with van der Waals surface area (Å²) in [6.45, 7) is 6.48. The average molecular weight is 334 g/mol. The number of hydrogen-bond donors (Lipinski definition) is 0. The molecule has 2 aromatic heterocycles. The Bertz CT molecular complexity index is 905. The molecule has 0 radical (unpaired) electrons. The van der Waals surface area contributed by atoms with E-state index in [-0.39, 0.29) is 0 Å². The van der Waals surface area contributed by atoms with Crippen LogP contribution in [0.3, 0.4) is 0 Å². The second-order valence-electron chi connectivity index (χ2n) is 5.39. The zero-order chi connectivity index (χ0) is 16.8. The molecule has 120 valence electrons. The molecule has 3 rings (SSSR count). The van der Waals surface area contributed by atoms with Crippen molar-refractivity contribution in [3.63, 3.8) is 0 Å². The molecule has 0 spiro atoms. The van der Waals surface area contributed by atoms with E-state index in [9.17, 15) is 0 Å². The van der Waals surface area contributed by atoms with Gasteiger partial charge in [-0.05, 0) is 13.0 Å². The number of pyridine rings is 1. The Morgan fingerprint density at radius 2 is 2.08 bits per heavy atom. The predicted octanol–water partition coefficient (Wildman–Crippen LogP) is 3.97. The van der Waals surface area contributed by atoms with E-state index in [0.717, 1.165) is 27.2 Å². The SMILES string of the molecule is C=C(C)CN=c1scc(-c2ccccc2)n1N=Cc1cccnc1. The first kappa shape index (κ1) is 16.1. The highest BCUT2D eigenvalue weighted by Crippen LogP contribution is 2.19. The Balaban J connectivity index is 2.06. The van der Waals surface area contributed by atoms with Gasteiger partial charge in [-0.15, -0.1) is 11.3 Å². The maximum atomic E-state index is 4.63. The summed E-state index contributed by atoms with van der Waals surface area (Å²) < 4.78 is 1.87. The molecule has 0 N–H and O–H groups in total. The van der Waals surface area contributed by atoms with Gasteiger partial charge < -0.3 is 0 Å². The molecule has 0 bridgehead atoms. The third kappa shape index (κ3) is 3.94. The third-order valence-corrected chi connectivity index (χ3v) is 4.10. The molecule has 1 aromatic carbocycles. The summed E-state index contributed by atoms with van der Waals surface area (Å²) in [7, 11) is 0. The quantitative estimate of drug-likeness (QED) is 0.514. The van der Waals surface area contributed by atoms with E-state index in [1.165, 1.54) is 0 Å². The van der Waals surface area contributed by atoms with Gasteiger partial charge in [0.05, 0.1) is 18.5 Å². The normalized spacial score (nSPS) is 12.0. The van der Waals surface area contributed by atoms with Crippen molar-refractivity contribution in [1.82, 2.24) is 9.66 Å². The van der Waals surface area contributed by atoms with E-state index in [1.54, 1.807) is 29.9 Å². The van der Waals surface area contributed by atoms with Crippen molar-refractivity contribution in [2.45, 2.75) is 6.92 Å². The summed E-state index contributed by atoms with van der Waals surface area (Å²) in [5, 5.41) is 6.71. The zero-order valence-electron chi connectivity index (χ0n) is 13.5. The minimum atomic E-state index is 0.594. The van der Waals surface area contributed by atoms with Crippen LogP contribution in [-0.4, -0.2) is 22.4 Å². The van der Waals surface area contributed by atoms with Crippen LogP contribution in [-0.2, 0) is 0 Å². The Morgan fingerprint density at radius 3 is 2.79 bits per heavy atom. The van der Waals surface area contributed by atoms with Crippen LogP contribution in [0.5, 0.6) is 0 Å². The van der Waals surface area contributed by atoms with E-state index >= 15 is 0 Å². The maximum Gasteiger partial charge on any atom is 0.206 e.